The SMILES string of the molecule is Cc1csc(=O)n1CCC(=O)Nc1ccccc1-n1c(C)c[nH]c1=O. The third kappa shape index (κ3) is 3.48. The van der Waals surface area contributed by atoms with E-state index in [1.807, 2.05) is 13.8 Å². The van der Waals surface area contributed by atoms with E-state index in [0.29, 0.717) is 17.9 Å². The lowest BCUT2D eigenvalue weighted by Gasteiger charge is -2.12. The fourth-order valence-electron chi connectivity index (χ4n) is 2.63. The molecule has 0 aliphatic carbocycles. The molecule has 1 aromatic carbocycles. The lowest BCUT2D eigenvalue weighted by atomic mass is 10.2. The predicted molar refractivity (Wildman–Crippen MR) is 97.7 cm³/mol. The highest BCUT2D eigenvalue weighted by Gasteiger charge is 2.12. The summed E-state index contributed by atoms with van der Waals surface area (Å²) in [5.74, 6) is -0.216. The highest BCUT2D eigenvalue weighted by atomic mass is 32.1. The zero-order valence-corrected chi connectivity index (χ0v) is 14.7. The maximum Gasteiger partial charge on any atom is 0.330 e. The second kappa shape index (κ2) is 6.94. The van der Waals surface area contributed by atoms with Crippen LogP contribution in [0.25, 0.3) is 5.69 Å². The van der Waals surface area contributed by atoms with Gasteiger partial charge in [-0.15, -0.1) is 0 Å². The van der Waals surface area contributed by atoms with Crippen molar-refractivity contribution in [1.82, 2.24) is 14.1 Å². The molecule has 130 valence electrons. The van der Waals surface area contributed by atoms with Crippen molar-refractivity contribution in [3.8, 4) is 5.69 Å². The summed E-state index contributed by atoms with van der Waals surface area (Å²) >= 11 is 1.12. The van der Waals surface area contributed by atoms with E-state index in [9.17, 15) is 14.4 Å². The molecule has 3 rings (SSSR count). The van der Waals surface area contributed by atoms with Crippen LogP contribution in [-0.4, -0.2) is 20.0 Å². The number of anilines is 1. The molecule has 0 bridgehead atoms. The number of aromatic nitrogens is 3. The van der Waals surface area contributed by atoms with E-state index < -0.39 is 0 Å². The molecule has 1 amide bonds. The second-order valence-corrected chi connectivity index (χ2v) is 6.50. The van der Waals surface area contributed by atoms with Crippen molar-refractivity contribution < 1.29 is 4.79 Å². The van der Waals surface area contributed by atoms with Gasteiger partial charge >= 0.3 is 10.6 Å². The molecule has 0 saturated heterocycles. The number of nitrogens with zero attached hydrogens (tertiary/aromatic N) is 2. The Labute approximate surface area is 147 Å². The van der Waals surface area contributed by atoms with E-state index in [4.69, 9.17) is 0 Å². The number of nitrogens with one attached hydrogen (secondary N) is 2. The Bertz CT molecular complexity index is 1020. The summed E-state index contributed by atoms with van der Waals surface area (Å²) in [7, 11) is 0. The van der Waals surface area contributed by atoms with Gasteiger partial charge in [-0.1, -0.05) is 23.5 Å². The second-order valence-electron chi connectivity index (χ2n) is 5.68. The minimum atomic E-state index is -0.264. The molecule has 0 spiro atoms. The van der Waals surface area contributed by atoms with Gasteiger partial charge < -0.3 is 14.9 Å². The average molecular weight is 358 g/mol. The van der Waals surface area contributed by atoms with Crippen LogP contribution in [-0.2, 0) is 11.3 Å². The van der Waals surface area contributed by atoms with Crippen LogP contribution in [0, 0.1) is 13.8 Å². The first kappa shape index (κ1) is 17.0. The van der Waals surface area contributed by atoms with Crippen molar-refractivity contribution in [2.45, 2.75) is 26.8 Å². The van der Waals surface area contributed by atoms with Crippen LogP contribution in [0.15, 0.2) is 45.4 Å². The Balaban J connectivity index is 1.79. The molecule has 2 N–H and O–H groups in total. The summed E-state index contributed by atoms with van der Waals surface area (Å²) in [6, 6.07) is 7.11. The van der Waals surface area contributed by atoms with E-state index in [1.165, 1.54) is 4.57 Å². The van der Waals surface area contributed by atoms with Gasteiger partial charge in [0, 0.05) is 35.9 Å². The van der Waals surface area contributed by atoms with Crippen molar-refractivity contribution in [3.63, 3.8) is 0 Å². The van der Waals surface area contributed by atoms with Gasteiger partial charge in [-0.3, -0.25) is 14.2 Å². The first-order valence-corrected chi connectivity index (χ1v) is 8.66. The number of hydrogen-bond acceptors (Lipinski definition) is 4. The van der Waals surface area contributed by atoms with Crippen molar-refractivity contribution >= 4 is 22.9 Å². The van der Waals surface area contributed by atoms with Crippen LogP contribution < -0.4 is 15.9 Å². The molecule has 8 heteroatoms. The molecular weight excluding hydrogens is 340 g/mol. The Kier molecular flexibility index (Phi) is 4.71. The summed E-state index contributed by atoms with van der Waals surface area (Å²) in [5.41, 5.74) is 2.47. The summed E-state index contributed by atoms with van der Waals surface area (Å²) in [6.45, 7) is 3.97. The number of hydrogen-bond donors (Lipinski definition) is 2. The summed E-state index contributed by atoms with van der Waals surface area (Å²) in [4.78, 5) is 38.6. The molecule has 0 unspecified atom stereocenters. The highest BCUT2D eigenvalue weighted by Crippen LogP contribution is 2.20. The number of H-pyrrole nitrogens is 1. The standard InChI is InChI=1S/C17H18N4O3S/c1-11-9-18-16(23)21(11)14-6-4-3-5-13(14)19-15(22)7-8-20-12(2)10-25-17(20)24/h3-6,9-10H,7-8H2,1-2H3,(H,18,23)(H,19,22). The highest BCUT2D eigenvalue weighted by molar-refractivity contribution is 7.07. The number of carbonyl (C=O) groups is 1. The van der Waals surface area contributed by atoms with Gasteiger partial charge in [0.15, 0.2) is 0 Å². The molecule has 7 nitrogen and oxygen atoms in total. The normalized spacial score (nSPS) is 10.8. The fourth-order valence-corrected chi connectivity index (χ4v) is 3.39. The minimum Gasteiger partial charge on any atom is -0.324 e. The molecule has 0 radical (unpaired) electrons. The zero-order chi connectivity index (χ0) is 18.0. The summed E-state index contributed by atoms with van der Waals surface area (Å²) < 4.78 is 3.08. The van der Waals surface area contributed by atoms with Crippen molar-refractivity contribution in [2.75, 3.05) is 5.32 Å². The molecule has 25 heavy (non-hydrogen) atoms. The van der Waals surface area contributed by atoms with Gasteiger partial charge in [0.2, 0.25) is 5.91 Å². The number of amides is 1. The van der Waals surface area contributed by atoms with Gasteiger partial charge in [0.1, 0.15) is 0 Å². The fraction of sp³-hybridized carbons (Fsp3) is 0.235. The van der Waals surface area contributed by atoms with E-state index in [2.05, 4.69) is 10.3 Å². The number of para-hydroxylation sites is 2. The number of benzene rings is 1. The molecule has 3 aromatic rings. The lowest BCUT2D eigenvalue weighted by molar-refractivity contribution is -0.116. The predicted octanol–water partition coefficient (Wildman–Crippen LogP) is 2.03. The monoisotopic (exact) mass is 358 g/mol. The van der Waals surface area contributed by atoms with Crippen LogP contribution in [0.1, 0.15) is 17.8 Å². The Morgan fingerprint density at radius 3 is 2.60 bits per heavy atom. The van der Waals surface area contributed by atoms with Crippen molar-refractivity contribution in [3.05, 3.63) is 67.4 Å². The number of aryl methyl sites for hydroxylation is 2. The maximum absolute atomic E-state index is 12.3. The molecule has 0 aliphatic heterocycles. The van der Waals surface area contributed by atoms with E-state index in [0.717, 1.165) is 22.7 Å². The lowest BCUT2D eigenvalue weighted by Crippen LogP contribution is -2.22. The third-order valence-corrected chi connectivity index (χ3v) is 4.80. The largest absolute Gasteiger partial charge is 0.330 e. The van der Waals surface area contributed by atoms with Crippen LogP contribution in [0.3, 0.4) is 0 Å². The maximum atomic E-state index is 12.3. The summed E-state index contributed by atoms with van der Waals surface area (Å²) in [6.07, 6.45) is 1.79. The Morgan fingerprint density at radius 1 is 1.20 bits per heavy atom. The Morgan fingerprint density at radius 2 is 1.96 bits per heavy atom. The van der Waals surface area contributed by atoms with Crippen LogP contribution in [0.4, 0.5) is 5.69 Å². The van der Waals surface area contributed by atoms with Crippen molar-refractivity contribution in [2.24, 2.45) is 0 Å². The number of imidazole rings is 1. The first-order valence-electron chi connectivity index (χ1n) is 7.78. The van der Waals surface area contributed by atoms with E-state index >= 15 is 0 Å². The number of carbonyl (C=O) groups excluding carboxylic acids is 1. The summed E-state index contributed by atoms with van der Waals surface area (Å²) in [5, 5.41) is 4.60. The smallest absolute Gasteiger partial charge is 0.324 e. The number of aromatic amines is 1. The van der Waals surface area contributed by atoms with E-state index in [-0.39, 0.29) is 22.9 Å². The van der Waals surface area contributed by atoms with Gasteiger partial charge in [0.25, 0.3) is 0 Å². The average Bonchev–Trinajstić information content (AvgIpc) is 3.08. The zero-order valence-electron chi connectivity index (χ0n) is 13.9. The minimum absolute atomic E-state index is 0.0693. The molecular formula is C17H18N4O3S. The molecule has 0 fully saturated rings. The van der Waals surface area contributed by atoms with Gasteiger partial charge in [0.05, 0.1) is 11.4 Å². The molecule has 2 heterocycles. The van der Waals surface area contributed by atoms with E-state index in [1.54, 1.807) is 40.4 Å². The number of thiazole rings is 1. The number of rotatable bonds is 5. The van der Waals surface area contributed by atoms with Crippen LogP contribution in [0.2, 0.25) is 0 Å². The molecule has 0 aliphatic rings. The first-order chi connectivity index (χ1) is 12.0. The topological polar surface area (TPSA) is 88.9 Å². The van der Waals surface area contributed by atoms with Crippen LogP contribution in [0.5, 0.6) is 0 Å². The quantitative estimate of drug-likeness (QED) is 0.731. The van der Waals surface area contributed by atoms with Crippen LogP contribution >= 0.6 is 11.3 Å². The van der Waals surface area contributed by atoms with Gasteiger partial charge in [-0.05, 0) is 26.0 Å². The van der Waals surface area contributed by atoms with Gasteiger partial charge in [-0.2, -0.15) is 0 Å². The molecule has 0 saturated carbocycles. The molecule has 0 atom stereocenters. The molecule has 2 aromatic heterocycles. The van der Waals surface area contributed by atoms with Crippen molar-refractivity contribution in [1.29, 1.82) is 0 Å². The third-order valence-electron chi connectivity index (χ3n) is 3.92. The van der Waals surface area contributed by atoms with Gasteiger partial charge in [-0.25, -0.2) is 4.79 Å². The Hall–Kier alpha value is -2.87.